The number of halogens is 2. The highest BCUT2D eigenvalue weighted by Crippen LogP contribution is 2.30. The van der Waals surface area contributed by atoms with Crippen molar-refractivity contribution >= 4 is 29.2 Å². The molecule has 0 spiro atoms. The lowest BCUT2D eigenvalue weighted by atomic mass is 10.1. The first-order valence-corrected chi connectivity index (χ1v) is 8.94. The molecule has 3 rings (SSSR count). The molecule has 6 heteroatoms. The van der Waals surface area contributed by atoms with Gasteiger partial charge in [-0.15, -0.1) is 0 Å². The molecule has 0 bridgehead atoms. The van der Waals surface area contributed by atoms with Crippen LogP contribution in [0.4, 0.5) is 0 Å². The monoisotopic (exact) mass is 402 g/mol. The zero-order chi connectivity index (χ0) is 19.2. The van der Waals surface area contributed by atoms with Gasteiger partial charge in [-0.25, -0.2) is 4.79 Å². The van der Waals surface area contributed by atoms with Crippen molar-refractivity contribution in [2.45, 2.75) is 12.5 Å². The van der Waals surface area contributed by atoms with Gasteiger partial charge in [0.1, 0.15) is 17.2 Å². The van der Waals surface area contributed by atoms with E-state index >= 15 is 0 Å². The summed E-state index contributed by atoms with van der Waals surface area (Å²) in [4.78, 5) is 11.7. The molecule has 138 valence electrons. The van der Waals surface area contributed by atoms with Gasteiger partial charge in [-0.2, -0.15) is 0 Å². The van der Waals surface area contributed by atoms with Crippen LogP contribution in [-0.4, -0.2) is 17.2 Å². The Morgan fingerprint density at radius 2 is 1.63 bits per heavy atom. The first-order chi connectivity index (χ1) is 13.0. The van der Waals surface area contributed by atoms with E-state index in [4.69, 9.17) is 32.7 Å². The first-order valence-electron chi connectivity index (χ1n) is 8.18. The van der Waals surface area contributed by atoms with E-state index in [0.29, 0.717) is 32.9 Å². The molecule has 0 aliphatic heterocycles. The van der Waals surface area contributed by atoms with Crippen LogP contribution in [0.25, 0.3) is 0 Å². The van der Waals surface area contributed by atoms with Gasteiger partial charge in [-0.05, 0) is 42.5 Å². The van der Waals surface area contributed by atoms with Crippen LogP contribution in [0.2, 0.25) is 10.0 Å². The van der Waals surface area contributed by atoms with E-state index in [0.717, 1.165) is 0 Å². The van der Waals surface area contributed by atoms with Crippen LogP contribution >= 0.6 is 23.2 Å². The standard InChI is InChI=1S/C21H16Cl2O4/c22-15-10-11-18(26-16-6-2-1-3-7-16)14(12-15)13-20(21(24)25)27-19-9-5-4-8-17(19)23/h1-12,20H,13H2,(H,24,25). The lowest BCUT2D eigenvalue weighted by molar-refractivity contribution is -0.145. The Kier molecular flexibility index (Phi) is 6.22. The van der Waals surface area contributed by atoms with Crippen LogP contribution in [0.15, 0.2) is 72.8 Å². The molecule has 0 saturated carbocycles. The van der Waals surface area contributed by atoms with E-state index < -0.39 is 12.1 Å². The summed E-state index contributed by atoms with van der Waals surface area (Å²) in [5, 5.41) is 10.4. The summed E-state index contributed by atoms with van der Waals surface area (Å²) in [6.45, 7) is 0. The number of carboxylic acid groups (broad SMARTS) is 1. The minimum Gasteiger partial charge on any atom is -0.478 e. The Balaban J connectivity index is 1.86. The normalized spacial score (nSPS) is 11.6. The molecule has 4 nitrogen and oxygen atoms in total. The summed E-state index contributed by atoms with van der Waals surface area (Å²) >= 11 is 12.2. The summed E-state index contributed by atoms with van der Waals surface area (Å²) in [5.74, 6) is 0.347. The quantitative estimate of drug-likeness (QED) is 0.537. The second-order valence-corrected chi connectivity index (χ2v) is 6.59. The third-order valence-corrected chi connectivity index (χ3v) is 4.33. The number of hydrogen-bond donors (Lipinski definition) is 1. The van der Waals surface area contributed by atoms with Crippen LogP contribution in [0.3, 0.4) is 0 Å². The van der Waals surface area contributed by atoms with Gasteiger partial charge in [-0.1, -0.05) is 53.5 Å². The lowest BCUT2D eigenvalue weighted by Crippen LogP contribution is -2.29. The zero-order valence-electron chi connectivity index (χ0n) is 14.1. The molecule has 0 saturated heterocycles. The van der Waals surface area contributed by atoms with E-state index in [9.17, 15) is 9.90 Å². The number of aliphatic carboxylic acids is 1. The van der Waals surface area contributed by atoms with Gasteiger partial charge in [0.2, 0.25) is 0 Å². The van der Waals surface area contributed by atoms with E-state index in [-0.39, 0.29) is 6.42 Å². The highest BCUT2D eigenvalue weighted by Gasteiger charge is 2.23. The SMILES string of the molecule is O=C(O)C(Cc1cc(Cl)ccc1Oc1ccccc1)Oc1ccccc1Cl. The summed E-state index contributed by atoms with van der Waals surface area (Å²) in [5.41, 5.74) is 0.616. The average molecular weight is 403 g/mol. The fourth-order valence-electron chi connectivity index (χ4n) is 2.50. The van der Waals surface area contributed by atoms with Crippen molar-refractivity contribution in [3.63, 3.8) is 0 Å². The molecule has 1 N–H and O–H groups in total. The van der Waals surface area contributed by atoms with Crippen molar-refractivity contribution in [2.75, 3.05) is 0 Å². The number of benzene rings is 3. The minimum atomic E-state index is -1.15. The Hall–Kier alpha value is -2.69. The van der Waals surface area contributed by atoms with E-state index in [1.807, 2.05) is 30.3 Å². The van der Waals surface area contributed by atoms with Crippen LogP contribution in [0.5, 0.6) is 17.2 Å². The summed E-state index contributed by atoms with van der Waals surface area (Å²) < 4.78 is 11.5. The van der Waals surface area contributed by atoms with Gasteiger partial charge in [0, 0.05) is 17.0 Å². The zero-order valence-corrected chi connectivity index (χ0v) is 15.7. The summed E-state index contributed by atoms with van der Waals surface area (Å²) in [6, 6.07) is 21.0. The third kappa shape index (κ3) is 5.16. The van der Waals surface area contributed by atoms with Crippen molar-refractivity contribution in [2.24, 2.45) is 0 Å². The molecular weight excluding hydrogens is 387 g/mol. The average Bonchev–Trinajstić information content (AvgIpc) is 2.66. The van der Waals surface area contributed by atoms with Crippen molar-refractivity contribution in [1.82, 2.24) is 0 Å². The van der Waals surface area contributed by atoms with Crippen LogP contribution < -0.4 is 9.47 Å². The van der Waals surface area contributed by atoms with Crippen molar-refractivity contribution < 1.29 is 19.4 Å². The highest BCUT2D eigenvalue weighted by atomic mass is 35.5. The Bertz CT molecular complexity index is 928. The van der Waals surface area contributed by atoms with Gasteiger partial charge in [0.25, 0.3) is 0 Å². The van der Waals surface area contributed by atoms with Crippen molar-refractivity contribution in [1.29, 1.82) is 0 Å². The molecule has 0 fully saturated rings. The van der Waals surface area contributed by atoms with Crippen molar-refractivity contribution in [3.05, 3.63) is 88.4 Å². The smallest absolute Gasteiger partial charge is 0.345 e. The Morgan fingerprint density at radius 3 is 2.33 bits per heavy atom. The van der Waals surface area contributed by atoms with Gasteiger partial charge >= 0.3 is 5.97 Å². The molecule has 0 radical (unpaired) electrons. The second kappa shape index (κ2) is 8.80. The Labute approximate surface area is 166 Å². The van der Waals surface area contributed by atoms with Crippen LogP contribution in [0, 0.1) is 0 Å². The first kappa shape index (κ1) is 19.1. The molecule has 0 aliphatic carbocycles. The highest BCUT2D eigenvalue weighted by molar-refractivity contribution is 6.32. The van der Waals surface area contributed by atoms with Crippen LogP contribution in [0.1, 0.15) is 5.56 Å². The Morgan fingerprint density at radius 1 is 0.926 bits per heavy atom. The summed E-state index contributed by atoms with van der Waals surface area (Å²) in [6.07, 6.45) is -1.09. The lowest BCUT2D eigenvalue weighted by Gasteiger charge is -2.18. The maximum Gasteiger partial charge on any atom is 0.345 e. The van der Waals surface area contributed by atoms with Crippen molar-refractivity contribution in [3.8, 4) is 17.2 Å². The van der Waals surface area contributed by atoms with E-state index in [1.165, 1.54) is 0 Å². The predicted molar refractivity (Wildman–Crippen MR) is 105 cm³/mol. The molecule has 0 heterocycles. The van der Waals surface area contributed by atoms with E-state index in [2.05, 4.69) is 0 Å². The number of rotatable bonds is 7. The molecular formula is C21H16Cl2O4. The molecule has 3 aromatic rings. The van der Waals surface area contributed by atoms with Gasteiger partial charge in [-0.3, -0.25) is 0 Å². The fourth-order valence-corrected chi connectivity index (χ4v) is 2.87. The number of carboxylic acids is 1. The number of ether oxygens (including phenoxy) is 2. The summed E-state index contributed by atoms with van der Waals surface area (Å²) in [7, 11) is 0. The molecule has 0 aromatic heterocycles. The number of carbonyl (C=O) groups is 1. The molecule has 0 aliphatic rings. The molecule has 0 amide bonds. The number of para-hydroxylation sites is 2. The largest absolute Gasteiger partial charge is 0.478 e. The fraction of sp³-hybridized carbons (Fsp3) is 0.0952. The molecule has 1 atom stereocenters. The van der Waals surface area contributed by atoms with Gasteiger partial charge < -0.3 is 14.6 Å². The predicted octanol–water partition coefficient (Wildman–Crippen LogP) is 5.86. The van der Waals surface area contributed by atoms with Gasteiger partial charge in [0.15, 0.2) is 6.10 Å². The van der Waals surface area contributed by atoms with Crippen LogP contribution in [-0.2, 0) is 11.2 Å². The second-order valence-electron chi connectivity index (χ2n) is 5.75. The maximum absolute atomic E-state index is 11.7. The molecule has 27 heavy (non-hydrogen) atoms. The third-order valence-electron chi connectivity index (χ3n) is 3.78. The molecule has 1 unspecified atom stereocenters. The van der Waals surface area contributed by atoms with Gasteiger partial charge in [0.05, 0.1) is 5.02 Å². The topological polar surface area (TPSA) is 55.8 Å². The van der Waals surface area contributed by atoms with E-state index in [1.54, 1.807) is 42.5 Å². The maximum atomic E-state index is 11.7. The number of hydrogen-bond acceptors (Lipinski definition) is 3. The molecule has 3 aromatic carbocycles. The minimum absolute atomic E-state index is 0.0588.